The standard InChI is InChI=1S/C32H38ClN3O4S/c1-23-17-24(2)19-28(18-23)36(41(3,39)40)22-31(37)35(21-26-13-7-10-16-29(26)33)30(20-25-11-5-4-6-12-25)32(38)34-27-14-8-9-15-27/h4-7,10-13,16-19,27,30H,8-9,14-15,20-22H2,1-3H3,(H,34,38)/t30-/m0/s1. The summed E-state index contributed by atoms with van der Waals surface area (Å²) in [6.45, 7) is 3.37. The molecule has 0 spiro atoms. The molecule has 1 aliphatic rings. The zero-order chi connectivity index (χ0) is 29.6. The van der Waals surface area contributed by atoms with E-state index in [1.807, 2.05) is 62.4 Å². The lowest BCUT2D eigenvalue weighted by molar-refractivity contribution is -0.140. The van der Waals surface area contributed by atoms with Crippen LogP contribution in [0.15, 0.2) is 72.8 Å². The summed E-state index contributed by atoms with van der Waals surface area (Å²) in [5, 5.41) is 3.63. The molecule has 1 aliphatic carbocycles. The van der Waals surface area contributed by atoms with Crippen LogP contribution >= 0.6 is 11.6 Å². The van der Waals surface area contributed by atoms with E-state index in [4.69, 9.17) is 11.6 Å². The summed E-state index contributed by atoms with van der Waals surface area (Å²) in [4.78, 5) is 29.6. The van der Waals surface area contributed by atoms with Gasteiger partial charge in [-0.1, -0.05) is 79.0 Å². The first-order valence-corrected chi connectivity index (χ1v) is 16.2. The van der Waals surface area contributed by atoms with Gasteiger partial charge in [0.2, 0.25) is 21.8 Å². The molecule has 0 radical (unpaired) electrons. The molecule has 0 aromatic heterocycles. The number of rotatable bonds is 11. The Hall–Kier alpha value is -3.36. The van der Waals surface area contributed by atoms with Gasteiger partial charge in [0.05, 0.1) is 11.9 Å². The van der Waals surface area contributed by atoms with Gasteiger partial charge in [-0.15, -0.1) is 0 Å². The molecule has 41 heavy (non-hydrogen) atoms. The fraction of sp³-hybridized carbons (Fsp3) is 0.375. The number of halogens is 1. The van der Waals surface area contributed by atoms with Gasteiger partial charge in [-0.05, 0) is 67.1 Å². The molecule has 1 N–H and O–H groups in total. The summed E-state index contributed by atoms with van der Waals surface area (Å²) >= 11 is 6.52. The van der Waals surface area contributed by atoms with Crippen molar-refractivity contribution in [2.45, 2.75) is 64.6 Å². The second-order valence-electron chi connectivity index (χ2n) is 10.9. The van der Waals surface area contributed by atoms with Gasteiger partial charge in [-0.25, -0.2) is 8.42 Å². The van der Waals surface area contributed by atoms with Crippen molar-refractivity contribution < 1.29 is 18.0 Å². The van der Waals surface area contributed by atoms with E-state index in [9.17, 15) is 18.0 Å². The molecular formula is C32H38ClN3O4S. The summed E-state index contributed by atoms with van der Waals surface area (Å²) in [6, 6.07) is 21.3. The predicted octanol–water partition coefficient (Wildman–Crippen LogP) is 5.42. The lowest BCUT2D eigenvalue weighted by atomic mass is 10.0. The van der Waals surface area contributed by atoms with Gasteiger partial charge in [0.1, 0.15) is 12.6 Å². The summed E-state index contributed by atoms with van der Waals surface area (Å²) in [6.07, 6.45) is 5.27. The van der Waals surface area contributed by atoms with Crippen LogP contribution in [0.2, 0.25) is 5.02 Å². The van der Waals surface area contributed by atoms with Crippen molar-refractivity contribution in [3.8, 4) is 0 Å². The van der Waals surface area contributed by atoms with Crippen LogP contribution in [0.4, 0.5) is 5.69 Å². The van der Waals surface area contributed by atoms with Gasteiger partial charge in [-0.3, -0.25) is 13.9 Å². The van der Waals surface area contributed by atoms with Gasteiger partial charge >= 0.3 is 0 Å². The number of aryl methyl sites for hydroxylation is 2. The average molecular weight is 596 g/mol. The number of nitrogens with zero attached hydrogens (tertiary/aromatic N) is 2. The Morgan fingerprint density at radius 1 is 0.951 bits per heavy atom. The highest BCUT2D eigenvalue weighted by molar-refractivity contribution is 7.92. The van der Waals surface area contributed by atoms with E-state index in [2.05, 4.69) is 5.32 Å². The number of nitrogens with one attached hydrogen (secondary N) is 1. The molecule has 3 aromatic rings. The summed E-state index contributed by atoms with van der Waals surface area (Å²) in [5.74, 6) is -0.740. The van der Waals surface area contributed by atoms with E-state index in [-0.39, 0.29) is 24.9 Å². The lowest BCUT2D eigenvalue weighted by Gasteiger charge is -2.34. The first-order chi connectivity index (χ1) is 19.5. The molecule has 3 aromatic carbocycles. The van der Waals surface area contributed by atoms with E-state index in [0.29, 0.717) is 16.3 Å². The van der Waals surface area contributed by atoms with Crippen LogP contribution in [-0.2, 0) is 32.6 Å². The van der Waals surface area contributed by atoms with Crippen molar-refractivity contribution >= 4 is 39.1 Å². The quantitative estimate of drug-likeness (QED) is 0.321. The van der Waals surface area contributed by atoms with Crippen molar-refractivity contribution in [2.75, 3.05) is 17.1 Å². The minimum Gasteiger partial charge on any atom is -0.352 e. The fourth-order valence-electron chi connectivity index (χ4n) is 5.44. The van der Waals surface area contributed by atoms with E-state index in [1.54, 1.807) is 24.3 Å². The molecule has 0 saturated heterocycles. The summed E-state index contributed by atoms with van der Waals surface area (Å²) in [5.41, 5.74) is 3.74. The number of carbonyl (C=O) groups is 2. The highest BCUT2D eigenvalue weighted by Crippen LogP contribution is 2.25. The van der Waals surface area contributed by atoms with Crippen molar-refractivity contribution in [3.63, 3.8) is 0 Å². The molecule has 0 unspecified atom stereocenters. The molecule has 1 saturated carbocycles. The second kappa shape index (κ2) is 13.5. The minimum absolute atomic E-state index is 0.0541. The van der Waals surface area contributed by atoms with Gasteiger partial charge in [0.25, 0.3) is 0 Å². The number of carbonyl (C=O) groups excluding carboxylic acids is 2. The van der Waals surface area contributed by atoms with Crippen molar-refractivity contribution in [3.05, 3.63) is 100 Å². The Morgan fingerprint density at radius 3 is 2.17 bits per heavy atom. The molecule has 1 fully saturated rings. The Morgan fingerprint density at radius 2 is 1.56 bits per heavy atom. The van der Waals surface area contributed by atoms with Gasteiger partial charge in [-0.2, -0.15) is 0 Å². The fourth-order valence-corrected chi connectivity index (χ4v) is 6.47. The molecule has 9 heteroatoms. The van der Waals surface area contributed by atoms with Crippen molar-refractivity contribution in [1.82, 2.24) is 10.2 Å². The molecule has 7 nitrogen and oxygen atoms in total. The Bertz CT molecular complexity index is 1450. The normalized spacial score (nSPS) is 14.4. The van der Waals surface area contributed by atoms with Crippen LogP contribution in [-0.4, -0.2) is 50.0 Å². The van der Waals surface area contributed by atoms with Crippen LogP contribution in [0.5, 0.6) is 0 Å². The van der Waals surface area contributed by atoms with Crippen molar-refractivity contribution in [1.29, 1.82) is 0 Å². The second-order valence-corrected chi connectivity index (χ2v) is 13.2. The Labute approximate surface area is 248 Å². The molecule has 1 atom stereocenters. The zero-order valence-corrected chi connectivity index (χ0v) is 25.4. The number of amides is 2. The van der Waals surface area contributed by atoms with E-state index in [0.717, 1.165) is 52.9 Å². The van der Waals surface area contributed by atoms with E-state index in [1.165, 1.54) is 4.90 Å². The number of hydrogen-bond acceptors (Lipinski definition) is 4. The molecule has 0 heterocycles. The molecular weight excluding hydrogens is 558 g/mol. The van der Waals surface area contributed by atoms with Gasteiger partial charge in [0, 0.05) is 24.0 Å². The summed E-state index contributed by atoms with van der Waals surface area (Å²) in [7, 11) is -3.83. The van der Waals surface area contributed by atoms with Gasteiger partial charge < -0.3 is 10.2 Å². The van der Waals surface area contributed by atoms with Crippen LogP contribution in [0, 0.1) is 13.8 Å². The maximum absolute atomic E-state index is 14.2. The lowest BCUT2D eigenvalue weighted by Crippen LogP contribution is -2.54. The van der Waals surface area contributed by atoms with Gasteiger partial charge in [0.15, 0.2) is 0 Å². The number of hydrogen-bond donors (Lipinski definition) is 1. The topological polar surface area (TPSA) is 86.8 Å². The smallest absolute Gasteiger partial charge is 0.244 e. The number of anilines is 1. The highest BCUT2D eigenvalue weighted by atomic mass is 35.5. The molecule has 218 valence electrons. The average Bonchev–Trinajstić information content (AvgIpc) is 3.42. The van der Waals surface area contributed by atoms with Crippen LogP contribution in [0.3, 0.4) is 0 Å². The predicted molar refractivity (Wildman–Crippen MR) is 164 cm³/mol. The first kappa shape index (κ1) is 30.6. The van der Waals surface area contributed by atoms with Crippen LogP contribution in [0.25, 0.3) is 0 Å². The minimum atomic E-state index is -3.83. The van der Waals surface area contributed by atoms with E-state index >= 15 is 0 Å². The van der Waals surface area contributed by atoms with Crippen LogP contribution < -0.4 is 9.62 Å². The third kappa shape index (κ3) is 8.33. The third-order valence-electron chi connectivity index (χ3n) is 7.44. The Kier molecular flexibility index (Phi) is 10.1. The SMILES string of the molecule is Cc1cc(C)cc(N(CC(=O)N(Cc2ccccc2Cl)[C@@H](Cc2ccccc2)C(=O)NC2CCCC2)S(C)(=O)=O)c1. The van der Waals surface area contributed by atoms with Crippen LogP contribution in [0.1, 0.15) is 47.9 Å². The first-order valence-electron chi connectivity index (χ1n) is 13.9. The maximum atomic E-state index is 14.2. The molecule has 0 bridgehead atoms. The monoisotopic (exact) mass is 595 g/mol. The van der Waals surface area contributed by atoms with E-state index < -0.39 is 28.5 Å². The number of sulfonamides is 1. The summed E-state index contributed by atoms with van der Waals surface area (Å²) < 4.78 is 27.1. The Balaban J connectivity index is 1.75. The maximum Gasteiger partial charge on any atom is 0.244 e. The third-order valence-corrected chi connectivity index (χ3v) is 8.95. The largest absolute Gasteiger partial charge is 0.352 e. The zero-order valence-electron chi connectivity index (χ0n) is 23.8. The van der Waals surface area contributed by atoms with Crippen molar-refractivity contribution in [2.24, 2.45) is 0 Å². The number of benzene rings is 3. The highest BCUT2D eigenvalue weighted by Gasteiger charge is 2.34. The molecule has 2 amide bonds. The molecule has 0 aliphatic heterocycles. The molecule has 4 rings (SSSR count).